The zero-order valence-electron chi connectivity index (χ0n) is 24.0. The third kappa shape index (κ3) is 6.12. The average molecular weight is 586 g/mol. The molecule has 5 rings (SSSR count). The topological polar surface area (TPSA) is 95.8 Å². The van der Waals surface area contributed by atoms with Crippen LogP contribution in [0.15, 0.2) is 41.6 Å². The zero-order valence-corrected chi connectivity index (χ0v) is 24.0. The first-order valence-corrected chi connectivity index (χ1v) is 13.8. The van der Waals surface area contributed by atoms with Gasteiger partial charge < -0.3 is 29.3 Å². The Labute approximate surface area is 241 Å². The van der Waals surface area contributed by atoms with Gasteiger partial charge in [-0.05, 0) is 33.0 Å². The average Bonchev–Trinajstić information content (AvgIpc) is 2.96. The maximum absolute atomic E-state index is 15.7. The third-order valence-corrected chi connectivity index (χ3v) is 7.85. The van der Waals surface area contributed by atoms with Crippen molar-refractivity contribution in [3.63, 3.8) is 0 Å². The molecule has 1 N–H and O–H groups in total. The predicted molar refractivity (Wildman–Crippen MR) is 154 cm³/mol. The number of piperazine rings is 1. The first kappa shape index (κ1) is 29.5. The van der Waals surface area contributed by atoms with E-state index in [9.17, 15) is 18.4 Å². The summed E-state index contributed by atoms with van der Waals surface area (Å²) in [5.74, 6) is -0.878. The second kappa shape index (κ2) is 12.1. The summed E-state index contributed by atoms with van der Waals surface area (Å²) in [6.07, 6.45) is 1.12. The SMILES string of the molecule is CC1CN(c2ncc(-c3cc(NC(=O)c4cn(C)c(=O)cc4C(F)F)c(N4CCN(C)C(C)C4)cc3F)cn2)CCO1. The Bertz CT molecular complexity index is 1520. The number of likely N-dealkylation sites (N-methyl/N-ethyl adjacent to an activating group) is 1. The number of carbonyl (C=O) groups is 1. The van der Waals surface area contributed by atoms with Crippen LogP contribution in [-0.2, 0) is 11.8 Å². The number of amides is 1. The zero-order chi connectivity index (χ0) is 30.1. The van der Waals surface area contributed by atoms with Crippen LogP contribution in [0.4, 0.5) is 30.5 Å². The molecule has 0 saturated carbocycles. The lowest BCUT2D eigenvalue weighted by Gasteiger charge is -2.39. The molecule has 0 bridgehead atoms. The minimum Gasteiger partial charge on any atom is -0.375 e. The van der Waals surface area contributed by atoms with Crippen molar-refractivity contribution in [1.82, 2.24) is 19.4 Å². The van der Waals surface area contributed by atoms with Crippen molar-refractivity contribution in [2.45, 2.75) is 32.4 Å². The fourth-order valence-electron chi connectivity index (χ4n) is 5.24. The van der Waals surface area contributed by atoms with E-state index in [-0.39, 0.29) is 29.0 Å². The maximum Gasteiger partial charge on any atom is 0.264 e. The maximum atomic E-state index is 15.7. The highest BCUT2D eigenvalue weighted by atomic mass is 19.3. The Kier molecular flexibility index (Phi) is 8.50. The molecule has 4 heterocycles. The van der Waals surface area contributed by atoms with Gasteiger partial charge in [-0.15, -0.1) is 0 Å². The Hall–Kier alpha value is -3.97. The smallest absolute Gasteiger partial charge is 0.264 e. The predicted octanol–water partition coefficient (Wildman–Crippen LogP) is 3.54. The van der Waals surface area contributed by atoms with Crippen LogP contribution in [0.25, 0.3) is 11.1 Å². The number of aryl methyl sites for hydroxylation is 1. The molecular weight excluding hydrogens is 551 g/mol. The molecule has 0 spiro atoms. The molecule has 2 unspecified atom stereocenters. The number of nitrogens with one attached hydrogen (secondary N) is 1. The van der Waals surface area contributed by atoms with Crippen LogP contribution in [0, 0.1) is 5.82 Å². The van der Waals surface area contributed by atoms with Crippen molar-refractivity contribution in [3.8, 4) is 11.1 Å². The highest BCUT2D eigenvalue weighted by Crippen LogP contribution is 2.36. The second-order valence-corrected chi connectivity index (χ2v) is 10.9. The number of anilines is 3. The van der Waals surface area contributed by atoms with E-state index in [2.05, 4.69) is 20.2 Å². The number of pyridine rings is 1. The summed E-state index contributed by atoms with van der Waals surface area (Å²) in [5, 5.41) is 2.72. The number of hydrogen-bond donors (Lipinski definition) is 1. The minimum atomic E-state index is -3.04. The fourth-order valence-corrected chi connectivity index (χ4v) is 5.24. The largest absolute Gasteiger partial charge is 0.375 e. The summed E-state index contributed by atoms with van der Waals surface area (Å²) in [4.78, 5) is 40.4. The number of halogens is 3. The van der Waals surface area contributed by atoms with Crippen LogP contribution in [-0.4, -0.2) is 83.9 Å². The standard InChI is InChI=1S/C29H34F3N7O3/c1-17-14-38(6-5-36(17)3)25-11-23(30)20(19-12-33-29(34-13-19)39-7-8-42-18(2)15-39)9-24(25)35-28(41)22-16-37(4)26(40)10-21(22)27(31)32/h9-13,16-18,27H,5-8,14-15H2,1-4H3,(H,35,41). The first-order chi connectivity index (χ1) is 20.0. The molecule has 1 aromatic carbocycles. The molecule has 3 aromatic rings. The molecule has 2 aliphatic heterocycles. The lowest BCUT2D eigenvalue weighted by molar-refractivity contribution is 0.0526. The number of benzene rings is 1. The van der Waals surface area contributed by atoms with Crippen molar-refractivity contribution < 1.29 is 22.7 Å². The van der Waals surface area contributed by atoms with E-state index in [1.54, 1.807) is 0 Å². The number of ether oxygens (including phenoxy) is 1. The van der Waals surface area contributed by atoms with E-state index in [1.807, 2.05) is 30.7 Å². The number of rotatable bonds is 6. The van der Waals surface area contributed by atoms with E-state index in [1.165, 1.54) is 31.6 Å². The highest BCUT2D eigenvalue weighted by molar-refractivity contribution is 6.07. The van der Waals surface area contributed by atoms with E-state index >= 15 is 4.39 Å². The van der Waals surface area contributed by atoms with Gasteiger partial charge in [0.1, 0.15) is 5.82 Å². The molecule has 2 saturated heterocycles. The van der Waals surface area contributed by atoms with Crippen LogP contribution in [0.2, 0.25) is 0 Å². The molecule has 2 aromatic heterocycles. The monoisotopic (exact) mass is 585 g/mol. The van der Waals surface area contributed by atoms with Gasteiger partial charge in [-0.3, -0.25) is 9.59 Å². The lowest BCUT2D eigenvalue weighted by Crippen LogP contribution is -2.50. The summed E-state index contributed by atoms with van der Waals surface area (Å²) >= 11 is 0. The summed E-state index contributed by atoms with van der Waals surface area (Å²) in [7, 11) is 3.38. The van der Waals surface area contributed by atoms with Gasteiger partial charge >= 0.3 is 0 Å². The van der Waals surface area contributed by atoms with Crippen molar-refractivity contribution in [1.29, 1.82) is 0 Å². The van der Waals surface area contributed by atoms with Crippen LogP contribution in [0.1, 0.15) is 36.2 Å². The van der Waals surface area contributed by atoms with Crippen molar-refractivity contribution in [2.24, 2.45) is 7.05 Å². The molecule has 2 atom stereocenters. The van der Waals surface area contributed by atoms with Crippen LogP contribution >= 0.6 is 0 Å². The molecule has 1 amide bonds. The van der Waals surface area contributed by atoms with Gasteiger partial charge in [0, 0.05) is 87.2 Å². The Morgan fingerprint density at radius 3 is 2.45 bits per heavy atom. The third-order valence-electron chi connectivity index (χ3n) is 7.85. The van der Waals surface area contributed by atoms with Gasteiger partial charge in [0.15, 0.2) is 0 Å². The van der Waals surface area contributed by atoms with E-state index < -0.39 is 29.3 Å². The molecule has 13 heteroatoms. The van der Waals surface area contributed by atoms with Gasteiger partial charge in [-0.2, -0.15) is 0 Å². The van der Waals surface area contributed by atoms with Crippen molar-refractivity contribution in [2.75, 3.05) is 61.5 Å². The molecular formula is C29H34F3N7O3. The lowest BCUT2D eigenvalue weighted by atomic mass is 10.0. The molecule has 224 valence electrons. The van der Waals surface area contributed by atoms with E-state index in [0.29, 0.717) is 56.5 Å². The van der Waals surface area contributed by atoms with Gasteiger partial charge in [0.05, 0.1) is 29.6 Å². The number of aromatic nitrogens is 3. The summed E-state index contributed by atoms with van der Waals surface area (Å²) < 4.78 is 49.9. The fraction of sp³-hybridized carbons (Fsp3) is 0.448. The Morgan fingerprint density at radius 2 is 1.79 bits per heavy atom. The molecule has 0 radical (unpaired) electrons. The van der Waals surface area contributed by atoms with Gasteiger partial charge in [-0.1, -0.05) is 0 Å². The van der Waals surface area contributed by atoms with E-state index in [0.717, 1.165) is 16.8 Å². The Morgan fingerprint density at radius 1 is 1.05 bits per heavy atom. The summed E-state index contributed by atoms with van der Waals surface area (Å²) in [5.41, 5.74) is -0.472. The molecule has 10 nitrogen and oxygen atoms in total. The van der Waals surface area contributed by atoms with Crippen molar-refractivity contribution >= 4 is 23.2 Å². The van der Waals surface area contributed by atoms with Crippen LogP contribution < -0.4 is 20.7 Å². The van der Waals surface area contributed by atoms with Gasteiger partial charge in [-0.25, -0.2) is 23.1 Å². The Balaban J connectivity index is 1.53. The van der Waals surface area contributed by atoms with Crippen molar-refractivity contribution in [3.05, 3.63) is 64.1 Å². The summed E-state index contributed by atoms with van der Waals surface area (Å²) in [6, 6.07) is 3.73. The normalized spacial score (nSPS) is 19.8. The summed E-state index contributed by atoms with van der Waals surface area (Å²) in [6.45, 7) is 7.68. The molecule has 0 aliphatic carbocycles. The number of carbonyl (C=O) groups excluding carboxylic acids is 1. The first-order valence-electron chi connectivity index (χ1n) is 13.8. The highest BCUT2D eigenvalue weighted by Gasteiger charge is 2.27. The quantitative estimate of drug-likeness (QED) is 0.470. The molecule has 2 aliphatic rings. The van der Waals surface area contributed by atoms with Gasteiger partial charge in [0.2, 0.25) is 5.95 Å². The molecule has 42 heavy (non-hydrogen) atoms. The van der Waals surface area contributed by atoms with Crippen LogP contribution in [0.5, 0.6) is 0 Å². The van der Waals surface area contributed by atoms with E-state index in [4.69, 9.17) is 4.74 Å². The second-order valence-electron chi connectivity index (χ2n) is 10.9. The number of hydrogen-bond acceptors (Lipinski definition) is 8. The molecule has 2 fully saturated rings. The van der Waals surface area contributed by atoms with Gasteiger partial charge in [0.25, 0.3) is 17.9 Å². The number of nitrogens with zero attached hydrogens (tertiary/aromatic N) is 6. The van der Waals surface area contributed by atoms with Crippen LogP contribution in [0.3, 0.4) is 0 Å². The number of morpholine rings is 1. The number of alkyl halides is 2. The minimum absolute atomic E-state index is 0.0353.